The first-order chi connectivity index (χ1) is 9.70. The van der Waals surface area contributed by atoms with Crippen LogP contribution in [0.15, 0.2) is 0 Å². The number of hydrogen-bond acceptors (Lipinski definition) is 5. The van der Waals surface area contributed by atoms with E-state index >= 15 is 0 Å². The predicted octanol–water partition coefficient (Wildman–Crippen LogP) is 2.27. The van der Waals surface area contributed by atoms with Crippen LogP contribution in [-0.2, 0) is 5.41 Å². The van der Waals surface area contributed by atoms with Gasteiger partial charge in [-0.15, -0.1) is 0 Å². The van der Waals surface area contributed by atoms with Crippen LogP contribution in [0.4, 0.5) is 5.82 Å². The lowest BCUT2D eigenvalue weighted by atomic mass is 9.91. The zero-order chi connectivity index (χ0) is 15.8. The van der Waals surface area contributed by atoms with E-state index in [-0.39, 0.29) is 11.5 Å². The van der Waals surface area contributed by atoms with E-state index in [1.165, 1.54) is 6.42 Å². The number of nitrogen functional groups attached to an aromatic ring is 1. The molecule has 0 aromatic carbocycles. The molecule has 2 N–H and O–H groups in total. The monoisotopic (exact) mass is 403 g/mol. The Balaban J connectivity index is 2.45. The van der Waals surface area contributed by atoms with Gasteiger partial charge in [0.15, 0.2) is 0 Å². The number of anilines is 1. The Morgan fingerprint density at radius 1 is 1.19 bits per heavy atom. The van der Waals surface area contributed by atoms with E-state index in [2.05, 4.69) is 72.2 Å². The first kappa shape index (κ1) is 16.9. The summed E-state index contributed by atoms with van der Waals surface area (Å²) in [5.74, 6) is 1.46. The van der Waals surface area contributed by atoms with E-state index in [4.69, 9.17) is 10.7 Å². The number of likely N-dealkylation sites (N-methyl/N-ethyl adjacent to an activating group) is 2. The maximum atomic E-state index is 6.15. The van der Waals surface area contributed by atoms with Crippen molar-refractivity contribution in [3.8, 4) is 0 Å². The number of nitrogens with two attached hydrogens (primary N) is 1. The predicted molar refractivity (Wildman–Crippen MR) is 95.3 cm³/mol. The molecule has 0 radical (unpaired) electrons. The summed E-state index contributed by atoms with van der Waals surface area (Å²) < 4.78 is 0.980. The minimum atomic E-state index is -0.0302. The lowest BCUT2D eigenvalue weighted by molar-refractivity contribution is 0.219. The highest BCUT2D eigenvalue weighted by Gasteiger charge is 2.28. The molecule has 0 aliphatic carbocycles. The van der Waals surface area contributed by atoms with E-state index in [9.17, 15) is 0 Å². The van der Waals surface area contributed by atoms with Crippen molar-refractivity contribution in [3.05, 3.63) is 15.1 Å². The second-order valence-electron chi connectivity index (χ2n) is 6.99. The van der Waals surface area contributed by atoms with Crippen LogP contribution >= 0.6 is 22.6 Å². The van der Waals surface area contributed by atoms with Crippen LogP contribution in [0.5, 0.6) is 0 Å². The fraction of sp³-hybridized carbons (Fsp3) is 0.733. The van der Waals surface area contributed by atoms with Gasteiger partial charge in [0.2, 0.25) is 0 Å². The van der Waals surface area contributed by atoms with Crippen LogP contribution in [0.2, 0.25) is 0 Å². The molecule has 1 aromatic heterocycles. The van der Waals surface area contributed by atoms with Gasteiger partial charge in [0, 0.05) is 12.0 Å². The SMILES string of the molecule is CN1CCCN(C)C(c2nc(N)c(I)c(C(C)(C)C)n2)C1. The quantitative estimate of drug-likeness (QED) is 0.730. The van der Waals surface area contributed by atoms with Crippen LogP contribution in [-0.4, -0.2) is 53.5 Å². The largest absolute Gasteiger partial charge is 0.383 e. The first-order valence-electron chi connectivity index (χ1n) is 7.42. The third-order valence-corrected chi connectivity index (χ3v) is 5.03. The minimum Gasteiger partial charge on any atom is -0.383 e. The fourth-order valence-electron chi connectivity index (χ4n) is 2.68. The summed E-state index contributed by atoms with van der Waals surface area (Å²) in [6, 6.07) is 0.206. The van der Waals surface area contributed by atoms with Crippen LogP contribution < -0.4 is 5.73 Å². The highest BCUT2D eigenvalue weighted by Crippen LogP contribution is 2.30. The average Bonchev–Trinajstić information content (AvgIpc) is 2.53. The first-order valence-corrected chi connectivity index (χ1v) is 8.50. The molecule has 1 atom stereocenters. The van der Waals surface area contributed by atoms with Crippen molar-refractivity contribution in [2.45, 2.75) is 38.6 Å². The van der Waals surface area contributed by atoms with E-state index in [1.807, 2.05) is 0 Å². The van der Waals surface area contributed by atoms with Crippen molar-refractivity contribution in [3.63, 3.8) is 0 Å². The Morgan fingerprint density at radius 3 is 2.48 bits per heavy atom. The Bertz CT molecular complexity index is 512. The summed E-state index contributed by atoms with van der Waals surface area (Å²) in [5.41, 5.74) is 7.17. The summed E-state index contributed by atoms with van der Waals surface area (Å²) in [7, 11) is 4.31. The van der Waals surface area contributed by atoms with Gasteiger partial charge in [-0.05, 0) is 56.2 Å². The van der Waals surface area contributed by atoms with E-state index < -0.39 is 0 Å². The Labute approximate surface area is 141 Å². The molecule has 1 unspecified atom stereocenters. The molecule has 2 rings (SSSR count). The van der Waals surface area contributed by atoms with Crippen LogP contribution in [0, 0.1) is 3.57 Å². The highest BCUT2D eigenvalue weighted by molar-refractivity contribution is 14.1. The molecule has 1 aromatic rings. The molecule has 0 bridgehead atoms. The molecule has 1 saturated heterocycles. The standard InChI is InChI=1S/C15H26IN5/c1-15(2,3)12-11(16)13(17)19-14(18-12)10-9-20(4)7-6-8-21(10)5/h10H,6-9H2,1-5H3,(H2,17,18,19). The van der Waals surface area contributed by atoms with Crippen molar-refractivity contribution < 1.29 is 0 Å². The number of nitrogens with zero attached hydrogens (tertiary/aromatic N) is 4. The third-order valence-electron chi connectivity index (χ3n) is 3.97. The summed E-state index contributed by atoms with van der Waals surface area (Å²) in [6.45, 7) is 9.64. The molecule has 0 spiro atoms. The number of aromatic nitrogens is 2. The van der Waals surface area contributed by atoms with E-state index in [1.54, 1.807) is 0 Å². The normalized spacial score (nSPS) is 22.3. The zero-order valence-corrected chi connectivity index (χ0v) is 15.8. The highest BCUT2D eigenvalue weighted by atomic mass is 127. The summed E-state index contributed by atoms with van der Waals surface area (Å²) in [5, 5.41) is 0. The van der Waals surface area contributed by atoms with Gasteiger partial charge in [-0.2, -0.15) is 0 Å². The maximum Gasteiger partial charge on any atom is 0.149 e. The van der Waals surface area contributed by atoms with Crippen molar-refractivity contribution in [2.24, 2.45) is 0 Å². The molecule has 0 saturated carbocycles. The van der Waals surface area contributed by atoms with E-state index in [0.29, 0.717) is 5.82 Å². The lowest BCUT2D eigenvalue weighted by Gasteiger charge is -2.28. The van der Waals surface area contributed by atoms with Gasteiger partial charge >= 0.3 is 0 Å². The molecular weight excluding hydrogens is 377 g/mol. The maximum absolute atomic E-state index is 6.15. The molecule has 21 heavy (non-hydrogen) atoms. The van der Waals surface area contributed by atoms with Crippen molar-refractivity contribution in [2.75, 3.05) is 39.5 Å². The minimum absolute atomic E-state index is 0.0302. The molecule has 1 aliphatic heterocycles. The van der Waals surface area contributed by atoms with Crippen molar-refractivity contribution in [1.29, 1.82) is 0 Å². The van der Waals surface area contributed by atoms with Crippen molar-refractivity contribution in [1.82, 2.24) is 19.8 Å². The Morgan fingerprint density at radius 2 is 1.86 bits per heavy atom. The molecule has 5 nitrogen and oxygen atoms in total. The summed E-state index contributed by atoms with van der Waals surface area (Å²) in [6.07, 6.45) is 1.18. The second-order valence-corrected chi connectivity index (χ2v) is 8.07. The molecule has 6 heteroatoms. The lowest BCUT2D eigenvalue weighted by Crippen LogP contribution is -2.33. The van der Waals surface area contributed by atoms with Gasteiger partial charge in [0.1, 0.15) is 11.6 Å². The van der Waals surface area contributed by atoms with E-state index in [0.717, 1.165) is 34.7 Å². The second kappa shape index (κ2) is 6.34. The number of rotatable bonds is 1. The van der Waals surface area contributed by atoms with Crippen molar-refractivity contribution >= 4 is 28.4 Å². The van der Waals surface area contributed by atoms with Gasteiger partial charge in [0.05, 0.1) is 15.3 Å². The number of hydrogen-bond donors (Lipinski definition) is 1. The molecule has 0 amide bonds. The van der Waals surface area contributed by atoms with Gasteiger partial charge < -0.3 is 10.6 Å². The molecule has 1 fully saturated rings. The van der Waals surface area contributed by atoms with Gasteiger partial charge in [-0.25, -0.2) is 9.97 Å². The third kappa shape index (κ3) is 3.84. The zero-order valence-electron chi connectivity index (χ0n) is 13.6. The van der Waals surface area contributed by atoms with Crippen LogP contribution in [0.3, 0.4) is 0 Å². The van der Waals surface area contributed by atoms with Gasteiger partial charge in [-0.3, -0.25) is 4.90 Å². The average molecular weight is 403 g/mol. The summed E-state index contributed by atoms with van der Waals surface area (Å²) in [4.78, 5) is 14.2. The Kier molecular flexibility index (Phi) is 5.10. The molecule has 118 valence electrons. The van der Waals surface area contributed by atoms with Gasteiger partial charge in [-0.1, -0.05) is 20.8 Å². The summed E-state index contributed by atoms with van der Waals surface area (Å²) >= 11 is 2.26. The number of halogens is 1. The molecule has 1 aliphatic rings. The fourth-order valence-corrected chi connectivity index (χ4v) is 3.73. The van der Waals surface area contributed by atoms with Crippen LogP contribution in [0.1, 0.15) is 44.8 Å². The topological polar surface area (TPSA) is 58.3 Å². The smallest absolute Gasteiger partial charge is 0.149 e. The Hall–Kier alpha value is -0.470. The van der Waals surface area contributed by atoms with Crippen LogP contribution in [0.25, 0.3) is 0 Å². The molecular formula is C15H26IN5. The van der Waals surface area contributed by atoms with Gasteiger partial charge in [0.25, 0.3) is 0 Å². The molecule has 2 heterocycles.